The van der Waals surface area contributed by atoms with Crippen LogP contribution in [-0.2, 0) is 0 Å². The number of benzene rings is 2. The predicted octanol–water partition coefficient (Wildman–Crippen LogP) is 4.67. The molecule has 0 radical (unpaired) electrons. The third-order valence-electron chi connectivity index (χ3n) is 3.36. The van der Waals surface area contributed by atoms with Gasteiger partial charge in [0.25, 0.3) is 5.91 Å². The number of carbonyl (C=O) groups is 1. The van der Waals surface area contributed by atoms with Crippen molar-refractivity contribution >= 4 is 23.2 Å². The highest BCUT2D eigenvalue weighted by atomic mass is 35.5. The van der Waals surface area contributed by atoms with Gasteiger partial charge in [-0.15, -0.1) is 0 Å². The number of hydrazone groups is 1. The van der Waals surface area contributed by atoms with Gasteiger partial charge in [0.1, 0.15) is 5.75 Å². The van der Waals surface area contributed by atoms with Crippen molar-refractivity contribution in [3.8, 4) is 5.75 Å². The van der Waals surface area contributed by atoms with Crippen molar-refractivity contribution in [1.29, 1.82) is 0 Å². The maximum Gasteiger partial charge on any atom is 0.271 e. The number of ether oxygens (including phenoxy) is 1. The third-order valence-corrected chi connectivity index (χ3v) is 3.60. The molecule has 0 aromatic heterocycles. The molecule has 1 N–H and O–H groups in total. The van der Waals surface area contributed by atoms with E-state index in [1.54, 1.807) is 24.3 Å². The average molecular weight is 345 g/mol. The largest absolute Gasteiger partial charge is 0.494 e. The number of nitrogens with zero attached hydrogens (tertiary/aromatic N) is 1. The Balaban J connectivity index is 2.14. The molecule has 4 nitrogen and oxygen atoms in total. The van der Waals surface area contributed by atoms with Crippen LogP contribution in [0.2, 0.25) is 5.02 Å². The second-order valence-electron chi connectivity index (χ2n) is 5.22. The maximum absolute atomic E-state index is 12.2. The van der Waals surface area contributed by atoms with Gasteiger partial charge in [0.2, 0.25) is 0 Å². The Labute approximate surface area is 147 Å². The first-order chi connectivity index (χ1) is 11.6. The predicted molar refractivity (Wildman–Crippen MR) is 98.0 cm³/mol. The minimum atomic E-state index is -0.281. The number of nitrogens with one attached hydrogen (secondary N) is 1. The van der Waals surface area contributed by atoms with Crippen LogP contribution >= 0.6 is 11.6 Å². The minimum Gasteiger partial charge on any atom is -0.494 e. The minimum absolute atomic E-state index is 0.281. The van der Waals surface area contributed by atoms with E-state index in [1.807, 2.05) is 31.2 Å². The van der Waals surface area contributed by atoms with Crippen LogP contribution in [-0.4, -0.2) is 18.2 Å². The van der Waals surface area contributed by atoms with E-state index in [0.717, 1.165) is 29.9 Å². The fourth-order valence-corrected chi connectivity index (χ4v) is 2.41. The van der Waals surface area contributed by atoms with Crippen LogP contribution < -0.4 is 10.2 Å². The highest BCUT2D eigenvalue weighted by Crippen LogP contribution is 2.15. The Hall–Kier alpha value is -2.33. The summed E-state index contributed by atoms with van der Waals surface area (Å²) in [7, 11) is 0. The van der Waals surface area contributed by atoms with Gasteiger partial charge >= 0.3 is 0 Å². The molecule has 126 valence electrons. The molecule has 0 saturated heterocycles. The van der Waals surface area contributed by atoms with Crippen LogP contribution in [0.1, 0.15) is 42.6 Å². The summed E-state index contributed by atoms with van der Waals surface area (Å²) in [5.74, 6) is 0.539. The summed E-state index contributed by atoms with van der Waals surface area (Å²) in [5.41, 5.74) is 4.88. The third kappa shape index (κ3) is 5.10. The van der Waals surface area contributed by atoms with Crippen molar-refractivity contribution in [1.82, 2.24) is 5.43 Å². The lowest BCUT2D eigenvalue weighted by atomic mass is 10.1. The summed E-state index contributed by atoms with van der Waals surface area (Å²) in [4.78, 5) is 12.2. The second-order valence-corrected chi connectivity index (χ2v) is 5.65. The van der Waals surface area contributed by atoms with E-state index in [-0.39, 0.29) is 5.91 Å². The Bertz CT molecular complexity index is 712. The monoisotopic (exact) mass is 344 g/mol. The number of halogens is 1. The molecule has 24 heavy (non-hydrogen) atoms. The van der Waals surface area contributed by atoms with Crippen molar-refractivity contribution in [2.24, 2.45) is 5.10 Å². The van der Waals surface area contributed by atoms with E-state index in [9.17, 15) is 4.79 Å². The van der Waals surface area contributed by atoms with E-state index in [4.69, 9.17) is 16.3 Å². The van der Waals surface area contributed by atoms with Crippen LogP contribution in [0.15, 0.2) is 53.6 Å². The molecule has 0 aliphatic carbocycles. The molecule has 0 aliphatic rings. The van der Waals surface area contributed by atoms with E-state index in [1.165, 1.54) is 0 Å². The lowest BCUT2D eigenvalue weighted by molar-refractivity contribution is 0.0955. The molecule has 2 aromatic rings. The lowest BCUT2D eigenvalue weighted by Gasteiger charge is -2.08. The molecule has 0 atom stereocenters. The van der Waals surface area contributed by atoms with Gasteiger partial charge in [0.05, 0.1) is 12.3 Å². The summed E-state index contributed by atoms with van der Waals surface area (Å²) in [6.07, 6.45) is 1.70. The van der Waals surface area contributed by atoms with Crippen molar-refractivity contribution in [3.05, 3.63) is 64.7 Å². The number of carbonyl (C=O) groups excluding carboxylic acids is 1. The van der Waals surface area contributed by atoms with Crippen molar-refractivity contribution in [3.63, 3.8) is 0 Å². The molecule has 2 aromatic carbocycles. The molecule has 0 heterocycles. The zero-order valence-corrected chi connectivity index (χ0v) is 14.6. The van der Waals surface area contributed by atoms with Gasteiger partial charge in [-0.25, -0.2) is 5.43 Å². The summed E-state index contributed by atoms with van der Waals surface area (Å²) in [6.45, 7) is 4.65. The van der Waals surface area contributed by atoms with E-state index < -0.39 is 0 Å². The quantitative estimate of drug-likeness (QED) is 0.586. The first-order valence-corrected chi connectivity index (χ1v) is 8.37. The second kappa shape index (κ2) is 9.08. The van der Waals surface area contributed by atoms with Crippen LogP contribution in [0.4, 0.5) is 0 Å². The molecule has 0 unspecified atom stereocenters. The molecular formula is C19H21ClN2O2. The number of hydrogen-bond donors (Lipinski definition) is 1. The Morgan fingerprint density at radius 3 is 2.50 bits per heavy atom. The van der Waals surface area contributed by atoms with Crippen molar-refractivity contribution < 1.29 is 9.53 Å². The van der Waals surface area contributed by atoms with Gasteiger partial charge in [0, 0.05) is 10.6 Å². The average Bonchev–Trinajstić information content (AvgIpc) is 2.59. The normalized spacial score (nSPS) is 11.2. The molecular weight excluding hydrogens is 324 g/mol. The molecule has 2 rings (SSSR count). The highest BCUT2D eigenvalue weighted by Gasteiger charge is 2.07. The molecule has 0 spiro atoms. The highest BCUT2D eigenvalue weighted by molar-refractivity contribution is 6.30. The van der Waals surface area contributed by atoms with Crippen LogP contribution in [0.3, 0.4) is 0 Å². The van der Waals surface area contributed by atoms with E-state index >= 15 is 0 Å². The number of hydrogen-bond acceptors (Lipinski definition) is 3. The van der Waals surface area contributed by atoms with Gasteiger partial charge in [-0.1, -0.05) is 31.0 Å². The van der Waals surface area contributed by atoms with Crippen molar-refractivity contribution in [2.45, 2.75) is 26.7 Å². The van der Waals surface area contributed by atoms with Gasteiger partial charge in [-0.2, -0.15) is 5.10 Å². The van der Waals surface area contributed by atoms with E-state index in [0.29, 0.717) is 17.2 Å². The molecule has 0 bridgehead atoms. The standard InChI is InChI=1S/C19H21ClN2O2/c1-3-6-18(14-9-11-17(12-10-14)24-4-2)21-22-19(23)15-7-5-8-16(20)13-15/h5,7-13H,3-4,6H2,1-2H3,(H,22,23)/b21-18+. The number of rotatable bonds is 7. The Kier molecular flexibility index (Phi) is 6.82. The Morgan fingerprint density at radius 1 is 1.12 bits per heavy atom. The first-order valence-electron chi connectivity index (χ1n) is 7.99. The lowest BCUT2D eigenvalue weighted by Crippen LogP contribution is -2.20. The topological polar surface area (TPSA) is 50.7 Å². The van der Waals surface area contributed by atoms with Crippen LogP contribution in [0.25, 0.3) is 0 Å². The molecule has 0 saturated carbocycles. The van der Waals surface area contributed by atoms with Gasteiger partial charge in [-0.05, 0) is 61.4 Å². The first kappa shape index (κ1) is 18.0. The van der Waals surface area contributed by atoms with Gasteiger partial charge < -0.3 is 4.74 Å². The molecule has 5 heteroatoms. The number of amides is 1. The molecule has 1 amide bonds. The fourth-order valence-electron chi connectivity index (χ4n) is 2.22. The maximum atomic E-state index is 12.2. The SMILES string of the molecule is CCC/C(=N\NC(=O)c1cccc(Cl)c1)c1ccc(OCC)cc1. The van der Waals surface area contributed by atoms with Gasteiger partial charge in [-0.3, -0.25) is 4.79 Å². The molecule has 0 aliphatic heterocycles. The van der Waals surface area contributed by atoms with Crippen LogP contribution in [0, 0.1) is 0 Å². The zero-order chi connectivity index (χ0) is 17.4. The van der Waals surface area contributed by atoms with Gasteiger partial charge in [0.15, 0.2) is 0 Å². The Morgan fingerprint density at radius 2 is 1.88 bits per heavy atom. The van der Waals surface area contributed by atoms with E-state index in [2.05, 4.69) is 17.5 Å². The summed E-state index contributed by atoms with van der Waals surface area (Å²) < 4.78 is 5.45. The summed E-state index contributed by atoms with van der Waals surface area (Å²) in [5, 5.41) is 4.82. The zero-order valence-electron chi connectivity index (χ0n) is 13.9. The fraction of sp³-hybridized carbons (Fsp3) is 0.263. The smallest absolute Gasteiger partial charge is 0.271 e. The summed E-state index contributed by atoms with van der Waals surface area (Å²) >= 11 is 5.91. The van der Waals surface area contributed by atoms with Crippen LogP contribution in [0.5, 0.6) is 5.75 Å². The van der Waals surface area contributed by atoms with Crippen molar-refractivity contribution in [2.75, 3.05) is 6.61 Å². The summed E-state index contributed by atoms with van der Waals surface area (Å²) in [6, 6.07) is 14.5. The molecule has 0 fully saturated rings.